The van der Waals surface area contributed by atoms with Crippen LogP contribution in [0.15, 0.2) is 0 Å². The normalized spacial score (nSPS) is 22.3. The quantitative estimate of drug-likeness (QED) is 0.723. The zero-order valence-electron chi connectivity index (χ0n) is 9.38. The van der Waals surface area contributed by atoms with E-state index in [9.17, 15) is 5.11 Å². The van der Waals surface area contributed by atoms with E-state index in [1.807, 2.05) is 13.8 Å². The fraction of sp³-hybridized carbons (Fsp3) is 1.00. The van der Waals surface area contributed by atoms with Gasteiger partial charge in [0.05, 0.1) is 18.8 Å². The Balaban J connectivity index is 2.22. The molecule has 0 aromatic carbocycles. The predicted molar refractivity (Wildman–Crippen MR) is 57.1 cm³/mol. The molecule has 0 bridgehead atoms. The van der Waals surface area contributed by atoms with Crippen LogP contribution in [-0.4, -0.2) is 29.5 Å². The highest BCUT2D eigenvalue weighted by Gasteiger charge is 2.29. The van der Waals surface area contributed by atoms with E-state index >= 15 is 0 Å². The van der Waals surface area contributed by atoms with Gasteiger partial charge in [-0.3, -0.25) is 0 Å². The maximum Gasteiger partial charge on any atom is 0.0880 e. The van der Waals surface area contributed by atoms with Crippen molar-refractivity contribution in [1.29, 1.82) is 0 Å². The number of hydrogen-bond donors (Lipinski definition) is 2. The van der Waals surface area contributed by atoms with Gasteiger partial charge in [0.15, 0.2) is 0 Å². The van der Waals surface area contributed by atoms with Crippen LogP contribution in [0.3, 0.4) is 0 Å². The summed E-state index contributed by atoms with van der Waals surface area (Å²) < 4.78 is 5.47. The lowest BCUT2D eigenvalue weighted by Gasteiger charge is -2.32. The minimum absolute atomic E-state index is 0.301. The lowest BCUT2D eigenvalue weighted by Crippen LogP contribution is -2.42. The third-order valence-corrected chi connectivity index (χ3v) is 2.63. The smallest absolute Gasteiger partial charge is 0.0880 e. The molecule has 1 fully saturated rings. The second-order valence-corrected chi connectivity index (χ2v) is 5.27. The van der Waals surface area contributed by atoms with E-state index in [4.69, 9.17) is 10.5 Å². The second kappa shape index (κ2) is 4.60. The maximum atomic E-state index is 10.1. The van der Waals surface area contributed by atoms with Crippen LogP contribution in [0.4, 0.5) is 0 Å². The molecule has 3 nitrogen and oxygen atoms in total. The molecule has 0 aromatic rings. The summed E-state index contributed by atoms with van der Waals surface area (Å²) in [5.74, 6) is 0. The van der Waals surface area contributed by atoms with Crippen molar-refractivity contribution in [3.8, 4) is 0 Å². The van der Waals surface area contributed by atoms with Gasteiger partial charge >= 0.3 is 0 Å². The topological polar surface area (TPSA) is 55.5 Å². The number of ether oxygens (including phenoxy) is 1. The Morgan fingerprint density at radius 2 is 1.86 bits per heavy atom. The number of hydrogen-bond acceptors (Lipinski definition) is 3. The van der Waals surface area contributed by atoms with E-state index in [1.54, 1.807) is 0 Å². The maximum absolute atomic E-state index is 10.1. The SMILES string of the molecule is CC(C)(N)COCC1(O)CCCCC1. The van der Waals surface area contributed by atoms with E-state index in [2.05, 4.69) is 0 Å². The van der Waals surface area contributed by atoms with Gasteiger partial charge < -0.3 is 15.6 Å². The molecule has 3 N–H and O–H groups in total. The minimum Gasteiger partial charge on any atom is -0.387 e. The highest BCUT2D eigenvalue weighted by molar-refractivity contribution is 4.82. The highest BCUT2D eigenvalue weighted by Crippen LogP contribution is 2.28. The molecule has 1 rings (SSSR count). The molecule has 1 saturated carbocycles. The summed E-state index contributed by atoms with van der Waals surface area (Å²) in [5.41, 5.74) is 4.91. The van der Waals surface area contributed by atoms with Gasteiger partial charge in [-0.25, -0.2) is 0 Å². The molecule has 3 heteroatoms. The van der Waals surface area contributed by atoms with Crippen molar-refractivity contribution in [2.24, 2.45) is 5.73 Å². The van der Waals surface area contributed by atoms with Crippen molar-refractivity contribution < 1.29 is 9.84 Å². The van der Waals surface area contributed by atoms with Crippen LogP contribution in [0.25, 0.3) is 0 Å². The predicted octanol–water partition coefficient (Wildman–Crippen LogP) is 1.44. The Bertz CT molecular complexity index is 169. The Hall–Kier alpha value is -0.120. The van der Waals surface area contributed by atoms with Gasteiger partial charge in [-0.05, 0) is 26.7 Å². The van der Waals surface area contributed by atoms with E-state index in [-0.39, 0.29) is 5.54 Å². The number of aliphatic hydroxyl groups is 1. The van der Waals surface area contributed by atoms with E-state index in [0.717, 1.165) is 25.7 Å². The average molecular weight is 201 g/mol. The number of rotatable bonds is 4. The molecule has 0 radical (unpaired) electrons. The second-order valence-electron chi connectivity index (χ2n) is 5.27. The van der Waals surface area contributed by atoms with Crippen LogP contribution in [0.5, 0.6) is 0 Å². The van der Waals surface area contributed by atoms with Crippen molar-refractivity contribution in [2.45, 2.75) is 57.1 Å². The van der Waals surface area contributed by atoms with E-state index < -0.39 is 5.60 Å². The Labute approximate surface area is 86.6 Å². The first kappa shape index (κ1) is 12.0. The van der Waals surface area contributed by atoms with Crippen molar-refractivity contribution in [3.63, 3.8) is 0 Å². The number of nitrogens with two attached hydrogens (primary N) is 1. The molecule has 0 atom stereocenters. The van der Waals surface area contributed by atoms with Crippen LogP contribution in [0, 0.1) is 0 Å². The van der Waals surface area contributed by atoms with Gasteiger partial charge in [0.25, 0.3) is 0 Å². The lowest BCUT2D eigenvalue weighted by molar-refractivity contribution is -0.0746. The molecule has 14 heavy (non-hydrogen) atoms. The molecule has 0 amide bonds. The average Bonchev–Trinajstić information content (AvgIpc) is 2.02. The zero-order chi connectivity index (χ0) is 10.7. The van der Waals surface area contributed by atoms with Gasteiger partial charge in [-0.15, -0.1) is 0 Å². The molecule has 84 valence electrons. The standard InChI is InChI=1S/C11H23NO2/c1-10(2,12)8-14-9-11(13)6-4-3-5-7-11/h13H,3-9,12H2,1-2H3. The fourth-order valence-corrected chi connectivity index (χ4v) is 1.86. The molecule has 0 spiro atoms. The largest absolute Gasteiger partial charge is 0.387 e. The van der Waals surface area contributed by atoms with Crippen LogP contribution in [0.2, 0.25) is 0 Å². The Kier molecular flexibility index (Phi) is 3.93. The molecular formula is C11H23NO2. The molecule has 0 aliphatic heterocycles. The molecule has 0 aromatic heterocycles. The molecule has 1 aliphatic rings. The van der Waals surface area contributed by atoms with Crippen LogP contribution >= 0.6 is 0 Å². The summed E-state index contributed by atoms with van der Waals surface area (Å²) in [6.45, 7) is 4.80. The summed E-state index contributed by atoms with van der Waals surface area (Å²) in [7, 11) is 0. The minimum atomic E-state index is -0.580. The molecule has 1 aliphatic carbocycles. The molecule has 0 unspecified atom stereocenters. The zero-order valence-corrected chi connectivity index (χ0v) is 9.38. The summed E-state index contributed by atoms with van der Waals surface area (Å²) in [5, 5.41) is 10.1. The molecule has 0 heterocycles. The first-order valence-electron chi connectivity index (χ1n) is 5.50. The third-order valence-electron chi connectivity index (χ3n) is 2.63. The van der Waals surface area contributed by atoms with Gasteiger partial charge in [-0.1, -0.05) is 19.3 Å². The first-order valence-corrected chi connectivity index (χ1v) is 5.50. The summed E-state index contributed by atoms with van der Waals surface area (Å²) in [6, 6.07) is 0. The first-order chi connectivity index (χ1) is 6.41. The van der Waals surface area contributed by atoms with E-state index in [1.165, 1.54) is 6.42 Å². The van der Waals surface area contributed by atoms with Crippen molar-refractivity contribution in [3.05, 3.63) is 0 Å². The van der Waals surface area contributed by atoms with Crippen LogP contribution in [-0.2, 0) is 4.74 Å². The van der Waals surface area contributed by atoms with Gasteiger partial charge in [0, 0.05) is 5.54 Å². The van der Waals surface area contributed by atoms with Gasteiger partial charge in [0.1, 0.15) is 0 Å². The third kappa shape index (κ3) is 4.40. The summed E-state index contributed by atoms with van der Waals surface area (Å²) >= 11 is 0. The highest BCUT2D eigenvalue weighted by atomic mass is 16.5. The van der Waals surface area contributed by atoms with Crippen LogP contribution < -0.4 is 5.73 Å². The summed E-state index contributed by atoms with van der Waals surface area (Å²) in [6.07, 6.45) is 5.22. The van der Waals surface area contributed by atoms with Crippen molar-refractivity contribution in [1.82, 2.24) is 0 Å². The molecule has 0 saturated heterocycles. The van der Waals surface area contributed by atoms with E-state index in [0.29, 0.717) is 13.2 Å². The van der Waals surface area contributed by atoms with Crippen molar-refractivity contribution >= 4 is 0 Å². The molecular weight excluding hydrogens is 178 g/mol. The van der Waals surface area contributed by atoms with Gasteiger partial charge in [-0.2, -0.15) is 0 Å². The Morgan fingerprint density at radius 1 is 1.29 bits per heavy atom. The lowest BCUT2D eigenvalue weighted by atomic mass is 9.85. The van der Waals surface area contributed by atoms with Gasteiger partial charge in [0.2, 0.25) is 0 Å². The fourth-order valence-electron chi connectivity index (χ4n) is 1.86. The van der Waals surface area contributed by atoms with Crippen molar-refractivity contribution in [2.75, 3.05) is 13.2 Å². The Morgan fingerprint density at radius 3 is 2.36 bits per heavy atom. The summed E-state index contributed by atoms with van der Waals surface area (Å²) in [4.78, 5) is 0. The van der Waals surface area contributed by atoms with Crippen LogP contribution in [0.1, 0.15) is 46.0 Å². The monoisotopic (exact) mass is 201 g/mol.